The number of carbonyl (C=O) groups is 1. The average Bonchev–Trinajstić information content (AvgIpc) is 3.23. The molecule has 1 saturated carbocycles. The number of amides is 1. The van der Waals surface area contributed by atoms with Gasteiger partial charge in [-0.1, -0.05) is 31.5 Å². The van der Waals surface area contributed by atoms with E-state index in [1.165, 1.54) is 31.0 Å². The quantitative estimate of drug-likeness (QED) is 0.780. The minimum atomic E-state index is 0.234. The van der Waals surface area contributed by atoms with Crippen LogP contribution in [-0.2, 0) is 4.79 Å². The largest absolute Gasteiger partial charge is 0.339 e. The van der Waals surface area contributed by atoms with Crippen LogP contribution in [0.4, 0.5) is 0 Å². The van der Waals surface area contributed by atoms with Crippen molar-refractivity contribution in [1.29, 1.82) is 0 Å². The van der Waals surface area contributed by atoms with E-state index in [0.29, 0.717) is 17.8 Å². The molecule has 1 atom stereocenters. The second kappa shape index (κ2) is 7.44. The van der Waals surface area contributed by atoms with Crippen LogP contribution in [-0.4, -0.2) is 49.4 Å². The molecule has 0 bridgehead atoms. The van der Waals surface area contributed by atoms with E-state index in [4.69, 9.17) is 0 Å². The van der Waals surface area contributed by atoms with Gasteiger partial charge in [0.2, 0.25) is 11.1 Å². The number of piperidine rings is 1. The van der Waals surface area contributed by atoms with Gasteiger partial charge in [0.25, 0.3) is 0 Å². The molecule has 2 aliphatic rings. The van der Waals surface area contributed by atoms with E-state index >= 15 is 0 Å². The number of hydrogen-bond acceptors (Lipinski definition) is 5. The minimum absolute atomic E-state index is 0.234. The molecule has 1 unspecified atom stereocenters. The van der Waals surface area contributed by atoms with Crippen LogP contribution in [0.3, 0.4) is 0 Å². The third-order valence-electron chi connectivity index (χ3n) is 4.88. The first-order valence-electron chi connectivity index (χ1n) is 8.49. The lowest BCUT2D eigenvalue weighted by molar-refractivity contribution is -0.132. The van der Waals surface area contributed by atoms with Crippen LogP contribution in [0.2, 0.25) is 0 Å². The highest BCUT2D eigenvalue weighted by molar-refractivity contribution is 7.99. The lowest BCUT2D eigenvalue weighted by Gasteiger charge is -2.35. The van der Waals surface area contributed by atoms with E-state index in [9.17, 15) is 4.79 Å². The number of hydrogen-bond donors (Lipinski definition) is 0. The first kappa shape index (κ1) is 15.8. The number of likely N-dealkylation sites (tertiary alicyclic amines) is 1. The molecule has 122 valence electrons. The van der Waals surface area contributed by atoms with Gasteiger partial charge in [0.05, 0.1) is 11.8 Å². The number of aromatic nitrogens is 4. The SMILES string of the molecule is CCC1CCCCN1C(=O)CSc1nnnn1C1CCCC1. The second-order valence-electron chi connectivity index (χ2n) is 6.28. The van der Waals surface area contributed by atoms with Gasteiger partial charge in [0.15, 0.2) is 0 Å². The Labute approximate surface area is 136 Å². The van der Waals surface area contributed by atoms with E-state index in [1.807, 2.05) is 4.68 Å². The van der Waals surface area contributed by atoms with Crippen LogP contribution in [0.25, 0.3) is 0 Å². The predicted octanol–water partition coefficient (Wildman–Crippen LogP) is 2.67. The molecule has 2 heterocycles. The normalized spacial score (nSPS) is 23.1. The van der Waals surface area contributed by atoms with Gasteiger partial charge < -0.3 is 4.90 Å². The summed E-state index contributed by atoms with van der Waals surface area (Å²) >= 11 is 1.49. The van der Waals surface area contributed by atoms with Crippen LogP contribution >= 0.6 is 11.8 Å². The summed E-state index contributed by atoms with van der Waals surface area (Å²) in [7, 11) is 0. The van der Waals surface area contributed by atoms with Crippen molar-refractivity contribution in [3.8, 4) is 0 Å². The van der Waals surface area contributed by atoms with Gasteiger partial charge in [-0.3, -0.25) is 4.79 Å². The summed E-state index contributed by atoms with van der Waals surface area (Å²) in [5, 5.41) is 12.8. The molecule has 0 aromatic carbocycles. The number of nitrogens with zero attached hydrogens (tertiary/aromatic N) is 5. The first-order valence-corrected chi connectivity index (χ1v) is 9.48. The third kappa shape index (κ3) is 3.45. The fraction of sp³-hybridized carbons (Fsp3) is 0.867. The molecule has 1 amide bonds. The van der Waals surface area contributed by atoms with E-state index in [-0.39, 0.29) is 5.91 Å². The van der Waals surface area contributed by atoms with Gasteiger partial charge >= 0.3 is 0 Å². The van der Waals surface area contributed by atoms with Crippen molar-refractivity contribution < 1.29 is 4.79 Å². The van der Waals surface area contributed by atoms with Crippen LogP contribution in [0.15, 0.2) is 5.16 Å². The van der Waals surface area contributed by atoms with Crippen molar-refractivity contribution in [2.75, 3.05) is 12.3 Å². The van der Waals surface area contributed by atoms with Gasteiger partial charge in [-0.25, -0.2) is 4.68 Å². The Morgan fingerprint density at radius 3 is 2.77 bits per heavy atom. The molecule has 1 aliphatic heterocycles. The summed E-state index contributed by atoms with van der Waals surface area (Å²) in [6, 6.07) is 0.846. The smallest absolute Gasteiger partial charge is 0.233 e. The molecule has 7 heteroatoms. The highest BCUT2D eigenvalue weighted by atomic mass is 32.2. The monoisotopic (exact) mass is 323 g/mol. The maximum atomic E-state index is 12.5. The highest BCUT2D eigenvalue weighted by Gasteiger charge is 2.26. The molecule has 1 aliphatic carbocycles. The molecule has 2 fully saturated rings. The Bertz CT molecular complexity index is 500. The van der Waals surface area contributed by atoms with E-state index in [1.54, 1.807) is 0 Å². The molecule has 1 aromatic rings. The van der Waals surface area contributed by atoms with Crippen molar-refractivity contribution in [3.05, 3.63) is 0 Å². The highest BCUT2D eigenvalue weighted by Crippen LogP contribution is 2.31. The van der Waals surface area contributed by atoms with Gasteiger partial charge in [0, 0.05) is 12.6 Å². The average molecular weight is 323 g/mol. The molecule has 0 radical (unpaired) electrons. The van der Waals surface area contributed by atoms with Crippen molar-refractivity contribution in [2.45, 2.75) is 75.5 Å². The molecular weight excluding hydrogens is 298 g/mol. The molecule has 1 saturated heterocycles. The van der Waals surface area contributed by atoms with Crippen molar-refractivity contribution in [3.63, 3.8) is 0 Å². The van der Waals surface area contributed by atoms with Crippen LogP contribution < -0.4 is 0 Å². The molecule has 3 rings (SSSR count). The maximum Gasteiger partial charge on any atom is 0.233 e. The van der Waals surface area contributed by atoms with Gasteiger partial charge in [-0.2, -0.15) is 0 Å². The maximum absolute atomic E-state index is 12.5. The van der Waals surface area contributed by atoms with Gasteiger partial charge in [-0.05, 0) is 49.0 Å². The Hall–Kier alpha value is -1.11. The predicted molar refractivity (Wildman–Crippen MR) is 85.7 cm³/mol. The minimum Gasteiger partial charge on any atom is -0.339 e. The fourth-order valence-corrected chi connectivity index (χ4v) is 4.45. The van der Waals surface area contributed by atoms with Crippen LogP contribution in [0.1, 0.15) is 64.3 Å². The Kier molecular flexibility index (Phi) is 5.33. The molecule has 0 spiro atoms. The number of tetrazole rings is 1. The Balaban J connectivity index is 1.58. The third-order valence-corrected chi connectivity index (χ3v) is 5.79. The Morgan fingerprint density at radius 1 is 1.23 bits per heavy atom. The molecule has 6 nitrogen and oxygen atoms in total. The Morgan fingerprint density at radius 2 is 2.00 bits per heavy atom. The van der Waals surface area contributed by atoms with Crippen molar-refractivity contribution in [2.24, 2.45) is 0 Å². The topological polar surface area (TPSA) is 63.9 Å². The molecule has 22 heavy (non-hydrogen) atoms. The standard InChI is InChI=1S/C15H25N5OS/c1-2-12-7-5-6-10-19(12)14(21)11-22-15-16-17-18-20(15)13-8-3-4-9-13/h12-13H,2-11H2,1H3. The zero-order valence-electron chi connectivity index (χ0n) is 13.3. The summed E-state index contributed by atoms with van der Waals surface area (Å²) < 4.78 is 1.93. The van der Waals surface area contributed by atoms with Gasteiger partial charge in [0.1, 0.15) is 0 Å². The van der Waals surface area contributed by atoms with Crippen LogP contribution in [0.5, 0.6) is 0 Å². The van der Waals surface area contributed by atoms with E-state index in [2.05, 4.69) is 27.3 Å². The lowest BCUT2D eigenvalue weighted by atomic mass is 10.0. The number of carbonyl (C=O) groups excluding carboxylic acids is 1. The number of thioether (sulfide) groups is 1. The second-order valence-corrected chi connectivity index (χ2v) is 7.22. The molecule has 1 aromatic heterocycles. The summed E-state index contributed by atoms with van der Waals surface area (Å²) in [5.41, 5.74) is 0. The lowest BCUT2D eigenvalue weighted by Crippen LogP contribution is -2.44. The van der Waals surface area contributed by atoms with Gasteiger partial charge in [-0.15, -0.1) is 5.10 Å². The summed E-state index contributed by atoms with van der Waals surface area (Å²) in [6.07, 6.45) is 9.37. The van der Waals surface area contributed by atoms with Crippen molar-refractivity contribution in [1.82, 2.24) is 25.1 Å². The first-order chi connectivity index (χ1) is 10.8. The van der Waals surface area contributed by atoms with Crippen LogP contribution in [0, 0.1) is 0 Å². The summed E-state index contributed by atoms with van der Waals surface area (Å²) in [4.78, 5) is 14.6. The summed E-state index contributed by atoms with van der Waals surface area (Å²) in [6.45, 7) is 3.08. The van der Waals surface area contributed by atoms with E-state index < -0.39 is 0 Å². The summed E-state index contributed by atoms with van der Waals surface area (Å²) in [5.74, 6) is 0.682. The zero-order valence-corrected chi connectivity index (χ0v) is 14.1. The zero-order chi connectivity index (χ0) is 15.4. The fourth-order valence-electron chi connectivity index (χ4n) is 3.62. The van der Waals surface area contributed by atoms with E-state index in [0.717, 1.165) is 43.8 Å². The number of rotatable bonds is 5. The van der Waals surface area contributed by atoms with Crippen molar-refractivity contribution >= 4 is 17.7 Å². The molecule has 0 N–H and O–H groups in total. The molecular formula is C15H25N5OS.